The quantitative estimate of drug-likeness (QED) is 0.153. The number of azide groups is 1. The molecule has 1 heterocycles. The van der Waals surface area contributed by atoms with E-state index in [1.807, 2.05) is 12.1 Å². The Bertz CT molecular complexity index is 1030. The van der Waals surface area contributed by atoms with E-state index in [4.69, 9.17) is 13.7 Å². The van der Waals surface area contributed by atoms with Gasteiger partial charge < -0.3 is 13.7 Å². The Kier molecular flexibility index (Phi) is 9.20. The fourth-order valence-electron chi connectivity index (χ4n) is 7.37. The van der Waals surface area contributed by atoms with Crippen molar-refractivity contribution >= 4 is 25.8 Å². The lowest BCUT2D eigenvalue weighted by atomic mass is 9.77. The van der Waals surface area contributed by atoms with Crippen molar-refractivity contribution in [1.82, 2.24) is 0 Å². The average Bonchev–Trinajstić information content (AvgIpc) is 3.42. The SMILES string of the molecule is CC(C)(C)[Si](O[C@@H](N=[N+]=[N-])B1O[C@@H](C2CCCCC2)[C@H](C2CCCCC2)O1)(c1ccccc1)c1ccccc1. The summed E-state index contributed by atoms with van der Waals surface area (Å²) in [7, 11) is -3.67. The first-order valence-electron chi connectivity index (χ1n) is 15.1. The molecule has 8 heteroatoms. The van der Waals surface area contributed by atoms with Crippen LogP contribution in [-0.4, -0.2) is 33.8 Å². The smallest absolute Gasteiger partial charge is 0.404 e. The lowest BCUT2D eigenvalue weighted by molar-refractivity contribution is 0.0324. The molecule has 6 nitrogen and oxygen atoms in total. The van der Waals surface area contributed by atoms with E-state index in [1.54, 1.807) is 0 Å². The highest BCUT2D eigenvalue weighted by molar-refractivity contribution is 6.99. The predicted molar refractivity (Wildman–Crippen MR) is 160 cm³/mol. The highest BCUT2D eigenvalue weighted by Crippen LogP contribution is 2.43. The molecule has 0 radical (unpaired) electrons. The van der Waals surface area contributed by atoms with Gasteiger partial charge in [0, 0.05) is 4.91 Å². The fraction of sp³-hybridized carbons (Fsp3) is 0.613. The molecule has 39 heavy (non-hydrogen) atoms. The molecule has 3 aliphatic rings. The van der Waals surface area contributed by atoms with Crippen molar-refractivity contribution in [2.24, 2.45) is 17.0 Å². The minimum Gasteiger partial charge on any atom is -0.404 e. The van der Waals surface area contributed by atoms with Crippen LogP contribution in [0.25, 0.3) is 10.4 Å². The molecule has 0 N–H and O–H groups in total. The van der Waals surface area contributed by atoms with Crippen LogP contribution in [0.4, 0.5) is 0 Å². The first kappa shape index (κ1) is 28.4. The van der Waals surface area contributed by atoms with Crippen molar-refractivity contribution in [3.05, 3.63) is 71.1 Å². The van der Waals surface area contributed by atoms with E-state index in [9.17, 15) is 5.53 Å². The minimum atomic E-state index is -2.97. The lowest BCUT2D eigenvalue weighted by Gasteiger charge is -2.44. The second-order valence-electron chi connectivity index (χ2n) is 12.7. The van der Waals surface area contributed by atoms with Gasteiger partial charge in [0.1, 0.15) is 0 Å². The van der Waals surface area contributed by atoms with Gasteiger partial charge in [-0.15, -0.1) is 0 Å². The summed E-state index contributed by atoms with van der Waals surface area (Å²) in [4.78, 5) is 3.27. The fourth-order valence-corrected chi connectivity index (χ4v) is 11.9. The van der Waals surface area contributed by atoms with E-state index in [0.717, 1.165) is 10.4 Å². The molecule has 0 bridgehead atoms. The van der Waals surface area contributed by atoms with Crippen LogP contribution in [0.3, 0.4) is 0 Å². The summed E-state index contributed by atoms with van der Waals surface area (Å²) in [5, 5.41) is 6.30. The van der Waals surface area contributed by atoms with Gasteiger partial charge in [0.15, 0.2) is 6.13 Å². The summed E-state index contributed by atoms with van der Waals surface area (Å²) < 4.78 is 20.9. The molecular formula is C31H44BN3O3Si. The summed E-state index contributed by atoms with van der Waals surface area (Å²) in [5.41, 5.74) is 9.75. The van der Waals surface area contributed by atoms with Gasteiger partial charge in [0.05, 0.1) is 12.2 Å². The molecule has 1 aliphatic heterocycles. The standard InChI is InChI=1S/C31H44BN3O3Si/c1-31(2,3)39(26-20-12-6-13-21-26,27-22-14-7-15-23-27)38-30(34-35-33)32-36-28(24-16-8-4-9-17-24)29(37-32)25-18-10-5-11-19-25/h6-7,12-15,20-25,28-30H,4-5,8-11,16-19H2,1-3H3/t28-,29-,30+/m0/s1. The van der Waals surface area contributed by atoms with Gasteiger partial charge in [-0.05, 0) is 58.5 Å². The molecule has 208 valence electrons. The number of hydrogen-bond donors (Lipinski definition) is 0. The topological polar surface area (TPSA) is 76.5 Å². The molecular weight excluding hydrogens is 501 g/mol. The van der Waals surface area contributed by atoms with Crippen molar-refractivity contribution in [1.29, 1.82) is 0 Å². The zero-order valence-electron chi connectivity index (χ0n) is 23.9. The Morgan fingerprint density at radius 1 is 0.795 bits per heavy atom. The highest BCUT2D eigenvalue weighted by Gasteiger charge is 2.56. The maximum Gasteiger partial charge on any atom is 0.493 e. The zero-order valence-corrected chi connectivity index (χ0v) is 24.9. The van der Waals surface area contributed by atoms with Crippen molar-refractivity contribution in [2.75, 3.05) is 0 Å². The molecule has 5 rings (SSSR count). The normalized spacial score (nSPS) is 24.3. The molecule has 2 aromatic carbocycles. The molecule has 2 saturated carbocycles. The van der Waals surface area contributed by atoms with Crippen molar-refractivity contribution in [3.8, 4) is 0 Å². The second kappa shape index (κ2) is 12.6. The van der Waals surface area contributed by atoms with Crippen LogP contribution in [0.5, 0.6) is 0 Å². The van der Waals surface area contributed by atoms with E-state index in [2.05, 4.69) is 79.3 Å². The van der Waals surface area contributed by atoms with E-state index in [1.165, 1.54) is 64.2 Å². The molecule has 3 fully saturated rings. The van der Waals surface area contributed by atoms with Crippen LogP contribution in [-0.2, 0) is 13.7 Å². The molecule has 0 spiro atoms. The third kappa shape index (κ3) is 6.01. The van der Waals surface area contributed by atoms with Crippen LogP contribution < -0.4 is 10.4 Å². The van der Waals surface area contributed by atoms with Gasteiger partial charge in [-0.25, -0.2) is 0 Å². The molecule has 0 aromatic heterocycles. The van der Waals surface area contributed by atoms with Crippen molar-refractivity contribution in [3.63, 3.8) is 0 Å². The minimum absolute atomic E-state index is 0.0394. The van der Waals surface area contributed by atoms with Crippen LogP contribution in [0.1, 0.15) is 85.0 Å². The second-order valence-corrected chi connectivity index (χ2v) is 17.0. The monoisotopic (exact) mass is 545 g/mol. The average molecular weight is 546 g/mol. The summed E-state index contributed by atoms with van der Waals surface area (Å²) in [5.74, 6) is 0.991. The Balaban J connectivity index is 1.52. The maximum atomic E-state index is 9.75. The molecule has 0 unspecified atom stereocenters. The summed E-state index contributed by atoms with van der Waals surface area (Å²) in [6.07, 6.45) is 11.6. The van der Waals surface area contributed by atoms with Crippen molar-refractivity contribution in [2.45, 2.75) is 108 Å². The van der Waals surface area contributed by atoms with Crippen LogP contribution in [0.2, 0.25) is 5.04 Å². The van der Waals surface area contributed by atoms with E-state index in [-0.39, 0.29) is 17.2 Å². The van der Waals surface area contributed by atoms with Crippen molar-refractivity contribution < 1.29 is 13.7 Å². The molecule has 1 saturated heterocycles. The maximum absolute atomic E-state index is 9.75. The van der Waals surface area contributed by atoms with Gasteiger partial charge in [-0.2, -0.15) is 0 Å². The predicted octanol–water partition coefficient (Wildman–Crippen LogP) is 7.17. The number of rotatable bonds is 8. The van der Waals surface area contributed by atoms with Gasteiger partial charge in [0.25, 0.3) is 8.32 Å². The first-order chi connectivity index (χ1) is 18.9. The third-order valence-corrected chi connectivity index (χ3v) is 14.2. The Morgan fingerprint density at radius 2 is 1.23 bits per heavy atom. The third-order valence-electron chi connectivity index (χ3n) is 9.25. The summed E-state index contributed by atoms with van der Waals surface area (Å²) >= 11 is 0. The van der Waals surface area contributed by atoms with E-state index >= 15 is 0 Å². The zero-order chi connectivity index (χ0) is 27.3. The molecule has 3 atom stereocenters. The van der Waals surface area contributed by atoms with E-state index in [0.29, 0.717) is 11.8 Å². The molecule has 2 aliphatic carbocycles. The highest BCUT2D eigenvalue weighted by atomic mass is 28.4. The van der Waals surface area contributed by atoms with Gasteiger partial charge in [-0.3, -0.25) is 0 Å². The number of nitrogens with zero attached hydrogens (tertiary/aromatic N) is 3. The van der Waals surface area contributed by atoms with Crippen LogP contribution in [0, 0.1) is 11.8 Å². The Hall–Kier alpha value is -2.09. The summed E-state index contributed by atoms with van der Waals surface area (Å²) in [6, 6.07) is 21.0. The molecule has 2 aromatic rings. The summed E-state index contributed by atoms with van der Waals surface area (Å²) in [6.45, 7) is 6.70. The van der Waals surface area contributed by atoms with Crippen LogP contribution in [0.15, 0.2) is 65.8 Å². The lowest BCUT2D eigenvalue weighted by Crippen LogP contribution is -2.68. The Labute approximate surface area is 235 Å². The van der Waals surface area contributed by atoms with E-state index < -0.39 is 21.6 Å². The first-order valence-corrected chi connectivity index (χ1v) is 17.0. The van der Waals surface area contributed by atoms with Gasteiger partial charge in [-0.1, -0.05) is 125 Å². The van der Waals surface area contributed by atoms with Crippen LogP contribution >= 0.6 is 0 Å². The number of hydrogen-bond acceptors (Lipinski definition) is 4. The van der Waals surface area contributed by atoms with Gasteiger partial charge in [0.2, 0.25) is 0 Å². The molecule has 0 amide bonds. The largest absolute Gasteiger partial charge is 0.493 e. The Morgan fingerprint density at radius 3 is 1.62 bits per heavy atom. The van der Waals surface area contributed by atoms with Gasteiger partial charge >= 0.3 is 7.12 Å². The number of benzene rings is 2.